The predicted octanol–water partition coefficient (Wildman–Crippen LogP) is 3.63. The third-order valence-corrected chi connectivity index (χ3v) is 1.59. The summed E-state index contributed by atoms with van der Waals surface area (Å²) in [6.45, 7) is 11.9. The molecule has 0 aliphatic heterocycles. The lowest BCUT2D eigenvalue weighted by atomic mass is 10.4. The van der Waals surface area contributed by atoms with E-state index in [9.17, 15) is 0 Å². The van der Waals surface area contributed by atoms with Gasteiger partial charge < -0.3 is 4.98 Å². The smallest absolute Gasteiger partial charge is 0.156 e. The first-order chi connectivity index (χ1) is 7.25. The molecule has 2 aromatic heterocycles. The van der Waals surface area contributed by atoms with E-state index in [1.54, 1.807) is 6.20 Å². The van der Waals surface area contributed by atoms with E-state index in [4.69, 9.17) is 0 Å². The topological polar surface area (TPSA) is 41.6 Å². The Balaban J connectivity index is 0.000000442. The lowest BCUT2D eigenvalue weighted by Crippen LogP contribution is -1.83. The van der Waals surface area contributed by atoms with Gasteiger partial charge in [-0.15, -0.1) is 0 Å². The van der Waals surface area contributed by atoms with Gasteiger partial charge in [0.05, 0.1) is 5.69 Å². The Bertz CT molecular complexity index is 391. The van der Waals surface area contributed by atoms with Crippen molar-refractivity contribution in [3.8, 4) is 0 Å². The lowest BCUT2D eigenvalue weighted by molar-refractivity contribution is 1.16. The third-order valence-electron chi connectivity index (χ3n) is 1.59. The minimum absolute atomic E-state index is 0.877. The van der Waals surface area contributed by atoms with Crippen LogP contribution >= 0.6 is 0 Å². The number of nitrogens with one attached hydrogen (secondary N) is 1. The van der Waals surface area contributed by atoms with Crippen molar-refractivity contribution >= 4 is 11.2 Å². The van der Waals surface area contributed by atoms with Crippen LogP contribution in [0, 0.1) is 13.8 Å². The summed E-state index contributed by atoms with van der Waals surface area (Å²) in [6.07, 6.45) is 1.77. The summed E-state index contributed by atoms with van der Waals surface area (Å²) >= 11 is 0. The van der Waals surface area contributed by atoms with Gasteiger partial charge in [0, 0.05) is 11.9 Å². The van der Waals surface area contributed by atoms with Gasteiger partial charge >= 0.3 is 0 Å². The van der Waals surface area contributed by atoms with Crippen LogP contribution in [-0.4, -0.2) is 15.0 Å². The van der Waals surface area contributed by atoms with E-state index in [0.29, 0.717) is 0 Å². The van der Waals surface area contributed by atoms with E-state index in [-0.39, 0.29) is 0 Å². The highest BCUT2D eigenvalue weighted by molar-refractivity contribution is 5.71. The number of fused-ring (bicyclic) bond motifs is 1. The zero-order chi connectivity index (χ0) is 11.8. The Labute approximate surface area is 92.0 Å². The minimum Gasteiger partial charge on any atom is -0.342 e. The van der Waals surface area contributed by atoms with Crippen molar-refractivity contribution in [1.29, 1.82) is 0 Å². The first-order valence-corrected chi connectivity index (χ1v) is 5.55. The normalized spacial score (nSPS) is 8.67. The van der Waals surface area contributed by atoms with Crippen molar-refractivity contribution in [2.75, 3.05) is 0 Å². The van der Waals surface area contributed by atoms with Gasteiger partial charge in [0.1, 0.15) is 5.52 Å². The molecule has 15 heavy (non-hydrogen) atoms. The number of hydrogen-bond acceptors (Lipinski definition) is 2. The maximum absolute atomic E-state index is 4.28. The van der Waals surface area contributed by atoms with Crippen LogP contribution in [0.1, 0.15) is 39.1 Å². The fraction of sp³-hybridized carbons (Fsp3) is 0.500. The molecular weight excluding hydrogens is 186 g/mol. The van der Waals surface area contributed by atoms with Gasteiger partial charge in [-0.05, 0) is 19.9 Å². The van der Waals surface area contributed by atoms with Gasteiger partial charge in [0.15, 0.2) is 5.65 Å². The summed E-state index contributed by atoms with van der Waals surface area (Å²) in [5.74, 6) is 0. The molecule has 2 rings (SSSR count). The summed E-state index contributed by atoms with van der Waals surface area (Å²) < 4.78 is 0. The fourth-order valence-corrected chi connectivity index (χ4v) is 1.11. The standard InChI is InChI=1S/C8H9N3.2C2H6/c1-5-3-7-8(10-5)11-6(2)4-9-7;2*1-2/h3-4H,1-2H3,(H,10,11);2*1-2H3. The second-order valence-electron chi connectivity index (χ2n) is 2.70. The van der Waals surface area contributed by atoms with Crippen molar-refractivity contribution in [1.82, 2.24) is 15.0 Å². The first kappa shape index (κ1) is 13.6. The molecule has 0 aliphatic carbocycles. The van der Waals surface area contributed by atoms with Crippen LogP contribution in [0.4, 0.5) is 0 Å². The van der Waals surface area contributed by atoms with Crippen molar-refractivity contribution in [2.45, 2.75) is 41.5 Å². The number of nitrogens with zero attached hydrogens (tertiary/aromatic N) is 2. The monoisotopic (exact) mass is 207 g/mol. The van der Waals surface area contributed by atoms with Crippen LogP contribution < -0.4 is 0 Å². The molecule has 84 valence electrons. The van der Waals surface area contributed by atoms with Gasteiger partial charge in [-0.3, -0.25) is 4.98 Å². The van der Waals surface area contributed by atoms with Crippen molar-refractivity contribution in [3.05, 3.63) is 23.7 Å². The van der Waals surface area contributed by atoms with E-state index in [2.05, 4.69) is 15.0 Å². The minimum atomic E-state index is 0.877. The third kappa shape index (κ3) is 3.70. The van der Waals surface area contributed by atoms with Crippen molar-refractivity contribution in [3.63, 3.8) is 0 Å². The lowest BCUT2D eigenvalue weighted by Gasteiger charge is -1.89. The van der Waals surface area contributed by atoms with Crippen molar-refractivity contribution in [2.24, 2.45) is 0 Å². The van der Waals surface area contributed by atoms with E-state index < -0.39 is 0 Å². The molecule has 3 heteroatoms. The van der Waals surface area contributed by atoms with Gasteiger partial charge in [-0.2, -0.15) is 0 Å². The van der Waals surface area contributed by atoms with Crippen LogP contribution in [0.15, 0.2) is 12.3 Å². The number of rotatable bonds is 0. The van der Waals surface area contributed by atoms with Gasteiger partial charge in [-0.25, -0.2) is 4.98 Å². The molecule has 0 saturated carbocycles. The molecule has 3 nitrogen and oxygen atoms in total. The highest BCUT2D eigenvalue weighted by atomic mass is 14.9. The second kappa shape index (κ2) is 6.98. The van der Waals surface area contributed by atoms with Crippen LogP contribution in [0.3, 0.4) is 0 Å². The molecule has 0 saturated heterocycles. The van der Waals surface area contributed by atoms with Crippen LogP contribution in [-0.2, 0) is 0 Å². The number of hydrogen-bond donors (Lipinski definition) is 1. The fourth-order valence-electron chi connectivity index (χ4n) is 1.11. The van der Waals surface area contributed by atoms with E-state index in [1.807, 2.05) is 47.6 Å². The molecule has 0 amide bonds. The molecule has 2 heterocycles. The molecule has 1 N–H and O–H groups in total. The average Bonchev–Trinajstić information content (AvgIpc) is 2.63. The molecule has 0 radical (unpaired) electrons. The largest absolute Gasteiger partial charge is 0.342 e. The molecule has 0 aliphatic rings. The van der Waals surface area contributed by atoms with E-state index in [0.717, 1.165) is 22.6 Å². The molecule has 0 bridgehead atoms. The molecule has 0 fully saturated rings. The number of aromatic nitrogens is 3. The highest BCUT2D eigenvalue weighted by Crippen LogP contribution is 2.09. The predicted molar refractivity (Wildman–Crippen MR) is 66.1 cm³/mol. The van der Waals surface area contributed by atoms with Crippen LogP contribution in [0.5, 0.6) is 0 Å². The first-order valence-electron chi connectivity index (χ1n) is 5.55. The molecule has 2 aromatic rings. The van der Waals surface area contributed by atoms with Crippen LogP contribution in [0.2, 0.25) is 0 Å². The quantitative estimate of drug-likeness (QED) is 0.716. The molecule has 0 unspecified atom stereocenters. The Morgan fingerprint density at radius 1 is 1.07 bits per heavy atom. The maximum atomic E-state index is 4.28. The van der Waals surface area contributed by atoms with Crippen LogP contribution in [0.25, 0.3) is 11.2 Å². The van der Waals surface area contributed by atoms with Gasteiger partial charge in [-0.1, -0.05) is 27.7 Å². The van der Waals surface area contributed by atoms with Crippen molar-refractivity contribution < 1.29 is 0 Å². The van der Waals surface area contributed by atoms with E-state index >= 15 is 0 Å². The maximum Gasteiger partial charge on any atom is 0.156 e. The molecular formula is C12H21N3. The molecule has 0 atom stereocenters. The number of aromatic amines is 1. The Morgan fingerprint density at radius 3 is 2.27 bits per heavy atom. The summed E-state index contributed by atoms with van der Waals surface area (Å²) in [4.78, 5) is 11.6. The summed E-state index contributed by atoms with van der Waals surface area (Å²) in [5, 5.41) is 0. The zero-order valence-corrected chi connectivity index (χ0v) is 10.5. The molecule has 0 aromatic carbocycles. The van der Waals surface area contributed by atoms with E-state index in [1.165, 1.54) is 0 Å². The molecule has 0 spiro atoms. The second-order valence-corrected chi connectivity index (χ2v) is 2.70. The zero-order valence-electron chi connectivity index (χ0n) is 10.5. The van der Waals surface area contributed by atoms with Gasteiger partial charge in [0.2, 0.25) is 0 Å². The average molecular weight is 207 g/mol. The summed E-state index contributed by atoms with van der Waals surface area (Å²) in [6, 6.07) is 1.99. The summed E-state index contributed by atoms with van der Waals surface area (Å²) in [7, 11) is 0. The Kier molecular flexibility index (Phi) is 6.34. The number of H-pyrrole nitrogens is 1. The summed E-state index contributed by atoms with van der Waals surface area (Å²) in [5.41, 5.74) is 3.86. The Hall–Kier alpha value is -1.38. The highest BCUT2D eigenvalue weighted by Gasteiger charge is 1.98. The number of aryl methyl sites for hydroxylation is 2. The Morgan fingerprint density at radius 2 is 1.67 bits per heavy atom. The SMILES string of the molecule is CC.CC.Cc1cnc2cc(C)[nH]c2n1. The van der Waals surface area contributed by atoms with Gasteiger partial charge in [0.25, 0.3) is 0 Å².